The maximum atomic E-state index is 10.4. The largest absolute Gasteiger partial charge is 0.205 e. The predicted molar refractivity (Wildman–Crippen MR) is 61.3 cm³/mol. The minimum atomic E-state index is 0.138. The van der Waals surface area contributed by atoms with Crippen LogP contribution in [0.4, 0.5) is 5.69 Å². The minimum Gasteiger partial charge on any atom is -0.191 e. The number of hydrogen-bond acceptors (Lipinski definition) is 2. The van der Waals surface area contributed by atoms with Gasteiger partial charge in [0.2, 0.25) is 11.5 Å². The molecule has 0 spiro atoms. The maximum Gasteiger partial charge on any atom is 0.205 e. The SMILES string of the molecule is C=C(Cl)c1cc(Cl)cc(C)c1N=S=O. The zero-order valence-electron chi connectivity index (χ0n) is 7.38. The molecule has 0 N–H and O–H groups in total. The Morgan fingerprint density at radius 3 is 2.71 bits per heavy atom. The summed E-state index contributed by atoms with van der Waals surface area (Å²) in [6.45, 7) is 5.40. The highest BCUT2D eigenvalue weighted by Crippen LogP contribution is 2.33. The zero-order valence-corrected chi connectivity index (χ0v) is 9.71. The average Bonchev–Trinajstić information content (AvgIpc) is 2.09. The molecule has 0 radical (unpaired) electrons. The van der Waals surface area contributed by atoms with Crippen molar-refractivity contribution in [3.63, 3.8) is 0 Å². The Labute approximate surface area is 95.8 Å². The van der Waals surface area contributed by atoms with Crippen molar-refractivity contribution in [1.29, 1.82) is 0 Å². The van der Waals surface area contributed by atoms with Crippen molar-refractivity contribution in [2.75, 3.05) is 0 Å². The number of rotatable bonds is 2. The molecular weight excluding hydrogens is 241 g/mol. The van der Waals surface area contributed by atoms with E-state index in [2.05, 4.69) is 10.9 Å². The van der Waals surface area contributed by atoms with Gasteiger partial charge in [0, 0.05) is 15.6 Å². The van der Waals surface area contributed by atoms with Crippen LogP contribution in [-0.4, -0.2) is 4.21 Å². The van der Waals surface area contributed by atoms with Crippen LogP contribution in [0.1, 0.15) is 11.1 Å². The first kappa shape index (κ1) is 11.4. The normalized spacial score (nSPS) is 9.64. The Hall–Kier alpha value is -0.640. The van der Waals surface area contributed by atoms with Gasteiger partial charge >= 0.3 is 0 Å². The molecule has 0 saturated heterocycles. The highest BCUT2D eigenvalue weighted by atomic mass is 35.5. The molecular formula is C9H7Cl2NOS. The standard InChI is InChI=1S/C9H7Cl2NOS/c1-5-3-7(11)4-8(6(2)10)9(5)12-14-13/h3-4H,2H2,1H3. The highest BCUT2D eigenvalue weighted by Gasteiger charge is 2.08. The minimum absolute atomic E-state index is 0.138. The van der Waals surface area contributed by atoms with Gasteiger partial charge < -0.3 is 0 Å². The molecule has 0 saturated carbocycles. The molecule has 0 aromatic heterocycles. The van der Waals surface area contributed by atoms with Gasteiger partial charge in [0.05, 0.1) is 5.69 Å². The molecule has 0 heterocycles. The van der Waals surface area contributed by atoms with E-state index in [1.54, 1.807) is 12.1 Å². The Bertz CT molecular complexity index is 439. The summed E-state index contributed by atoms with van der Waals surface area (Å²) in [6.07, 6.45) is 0. The van der Waals surface area contributed by atoms with Crippen LogP contribution in [0, 0.1) is 6.92 Å². The molecule has 0 bridgehead atoms. The molecule has 5 heteroatoms. The molecule has 1 aromatic rings. The van der Waals surface area contributed by atoms with Gasteiger partial charge in [0.25, 0.3) is 0 Å². The summed E-state index contributed by atoms with van der Waals surface area (Å²) in [5, 5.41) is 0.873. The van der Waals surface area contributed by atoms with Gasteiger partial charge in [-0.3, -0.25) is 0 Å². The van der Waals surface area contributed by atoms with Gasteiger partial charge in [0.15, 0.2) is 0 Å². The Morgan fingerprint density at radius 2 is 2.21 bits per heavy atom. The number of nitrogens with zero attached hydrogens (tertiary/aromatic N) is 1. The van der Waals surface area contributed by atoms with E-state index < -0.39 is 0 Å². The fourth-order valence-corrected chi connectivity index (χ4v) is 1.83. The van der Waals surface area contributed by atoms with E-state index in [0.29, 0.717) is 21.3 Å². The predicted octanol–water partition coefficient (Wildman–Crippen LogP) is 3.89. The van der Waals surface area contributed by atoms with E-state index >= 15 is 0 Å². The van der Waals surface area contributed by atoms with Gasteiger partial charge in [-0.25, -0.2) is 0 Å². The fraction of sp³-hybridized carbons (Fsp3) is 0.111. The number of halogens is 2. The molecule has 74 valence electrons. The molecule has 0 atom stereocenters. The van der Waals surface area contributed by atoms with Crippen LogP contribution in [0.15, 0.2) is 23.1 Å². The lowest BCUT2D eigenvalue weighted by Crippen LogP contribution is -1.83. The van der Waals surface area contributed by atoms with Crippen LogP contribution in [0.3, 0.4) is 0 Å². The van der Waals surface area contributed by atoms with Crippen molar-refractivity contribution < 1.29 is 4.21 Å². The first-order valence-corrected chi connectivity index (χ1v) is 5.16. The molecule has 14 heavy (non-hydrogen) atoms. The van der Waals surface area contributed by atoms with Gasteiger partial charge in [0.1, 0.15) is 0 Å². The van der Waals surface area contributed by atoms with Gasteiger partial charge in [-0.05, 0) is 24.6 Å². The zero-order chi connectivity index (χ0) is 10.7. The monoisotopic (exact) mass is 247 g/mol. The van der Waals surface area contributed by atoms with Crippen LogP contribution in [0.2, 0.25) is 5.02 Å². The summed E-state index contributed by atoms with van der Waals surface area (Å²) in [7, 11) is 0. The second kappa shape index (κ2) is 4.73. The van der Waals surface area contributed by atoms with Crippen molar-refractivity contribution in [2.45, 2.75) is 6.92 Å². The summed E-state index contributed by atoms with van der Waals surface area (Å²) in [5.41, 5.74) is 1.94. The molecule has 1 aromatic carbocycles. The van der Waals surface area contributed by atoms with E-state index in [-0.39, 0.29) is 11.5 Å². The molecule has 0 aliphatic heterocycles. The van der Waals surface area contributed by atoms with Crippen LogP contribution in [0.25, 0.3) is 5.03 Å². The quantitative estimate of drug-likeness (QED) is 0.780. The first-order chi connectivity index (χ1) is 6.56. The summed E-state index contributed by atoms with van der Waals surface area (Å²) >= 11 is 11.7. The van der Waals surface area contributed by atoms with Gasteiger partial charge in [-0.15, -0.1) is 0 Å². The summed E-state index contributed by atoms with van der Waals surface area (Å²) < 4.78 is 14.1. The van der Waals surface area contributed by atoms with Gasteiger partial charge in [-0.2, -0.15) is 8.57 Å². The lowest BCUT2D eigenvalue weighted by atomic mass is 10.1. The molecule has 2 nitrogen and oxygen atoms in total. The van der Waals surface area contributed by atoms with E-state index in [9.17, 15) is 4.21 Å². The number of benzene rings is 1. The van der Waals surface area contributed by atoms with Crippen LogP contribution >= 0.6 is 23.2 Å². The fourth-order valence-electron chi connectivity index (χ4n) is 1.10. The van der Waals surface area contributed by atoms with E-state index in [0.717, 1.165) is 5.56 Å². The lowest BCUT2D eigenvalue weighted by Gasteiger charge is -2.06. The third-order valence-corrected chi connectivity index (χ3v) is 2.36. The van der Waals surface area contributed by atoms with Crippen LogP contribution < -0.4 is 0 Å². The summed E-state index contributed by atoms with van der Waals surface area (Å²) in [4.78, 5) is 0. The van der Waals surface area contributed by atoms with Gasteiger partial charge in [-0.1, -0.05) is 29.8 Å². The number of aryl methyl sites for hydroxylation is 1. The molecule has 0 aliphatic rings. The van der Waals surface area contributed by atoms with E-state index in [1.807, 2.05) is 6.92 Å². The van der Waals surface area contributed by atoms with Crippen LogP contribution in [-0.2, 0) is 11.5 Å². The smallest absolute Gasteiger partial charge is 0.191 e. The first-order valence-electron chi connectivity index (χ1n) is 3.71. The molecule has 0 unspecified atom stereocenters. The average molecular weight is 248 g/mol. The Morgan fingerprint density at radius 1 is 1.57 bits per heavy atom. The topological polar surface area (TPSA) is 29.4 Å². The molecule has 0 aliphatic carbocycles. The second-order valence-corrected chi connectivity index (χ2v) is 3.91. The number of hydrogen-bond donors (Lipinski definition) is 0. The van der Waals surface area contributed by atoms with Crippen LogP contribution in [0.5, 0.6) is 0 Å². The van der Waals surface area contributed by atoms with Crippen molar-refractivity contribution in [3.8, 4) is 0 Å². The third kappa shape index (κ3) is 2.44. The molecule has 0 fully saturated rings. The van der Waals surface area contributed by atoms with E-state index in [4.69, 9.17) is 23.2 Å². The second-order valence-electron chi connectivity index (χ2n) is 2.69. The Balaban J connectivity index is 3.51. The van der Waals surface area contributed by atoms with Crippen molar-refractivity contribution in [3.05, 3.63) is 34.9 Å². The summed E-state index contributed by atoms with van der Waals surface area (Å²) in [5.74, 6) is 0. The van der Waals surface area contributed by atoms with Crippen molar-refractivity contribution >= 4 is 45.4 Å². The van der Waals surface area contributed by atoms with Crippen molar-refractivity contribution in [1.82, 2.24) is 0 Å². The van der Waals surface area contributed by atoms with E-state index in [1.165, 1.54) is 0 Å². The summed E-state index contributed by atoms with van der Waals surface area (Å²) in [6, 6.07) is 3.36. The maximum absolute atomic E-state index is 10.4. The molecule has 1 rings (SSSR count). The molecule has 0 amide bonds. The van der Waals surface area contributed by atoms with Crippen molar-refractivity contribution in [2.24, 2.45) is 4.36 Å². The highest BCUT2D eigenvalue weighted by molar-refractivity contribution is 7.54. The third-order valence-electron chi connectivity index (χ3n) is 1.69. The lowest BCUT2D eigenvalue weighted by molar-refractivity contribution is 0.698. The Kier molecular flexibility index (Phi) is 3.86.